The Kier molecular flexibility index (Phi) is 3.91. The Morgan fingerprint density at radius 3 is 2.62 bits per heavy atom. The molecule has 3 unspecified atom stereocenters. The molecule has 2 rings (SSSR count). The highest BCUT2D eigenvalue weighted by molar-refractivity contribution is 9.10. The van der Waals surface area contributed by atoms with Gasteiger partial charge in [-0.05, 0) is 59.2 Å². The van der Waals surface area contributed by atoms with Crippen molar-refractivity contribution in [2.75, 3.05) is 5.32 Å². The summed E-state index contributed by atoms with van der Waals surface area (Å²) in [5, 5.41) is 3.67. The molecule has 3 atom stereocenters. The summed E-state index contributed by atoms with van der Waals surface area (Å²) in [6.45, 7) is 4.73. The van der Waals surface area contributed by atoms with Crippen LogP contribution in [-0.4, -0.2) is 6.04 Å². The van der Waals surface area contributed by atoms with Crippen molar-refractivity contribution < 1.29 is 0 Å². The minimum Gasteiger partial charge on any atom is -0.381 e. The lowest BCUT2D eigenvalue weighted by Crippen LogP contribution is -2.33. The summed E-state index contributed by atoms with van der Waals surface area (Å²) >= 11 is 3.59. The molecule has 0 heterocycles. The molecule has 0 bridgehead atoms. The van der Waals surface area contributed by atoms with Gasteiger partial charge < -0.3 is 5.32 Å². The van der Waals surface area contributed by atoms with Crippen LogP contribution in [0, 0.1) is 11.8 Å². The molecule has 88 valence electrons. The quantitative estimate of drug-likeness (QED) is 0.830. The molecule has 0 spiro atoms. The largest absolute Gasteiger partial charge is 0.381 e. The fraction of sp³-hybridized carbons (Fsp3) is 0.571. The first-order valence-electron chi connectivity index (χ1n) is 6.18. The topological polar surface area (TPSA) is 12.0 Å². The van der Waals surface area contributed by atoms with Gasteiger partial charge in [0.05, 0.1) is 0 Å². The van der Waals surface area contributed by atoms with E-state index in [1.807, 2.05) is 0 Å². The molecular weight excluding hydrogens is 262 g/mol. The zero-order valence-electron chi connectivity index (χ0n) is 10.0. The third kappa shape index (κ3) is 2.79. The van der Waals surface area contributed by atoms with Gasteiger partial charge in [-0.1, -0.05) is 26.0 Å². The predicted octanol–water partition coefficient (Wildman–Crippen LogP) is 4.69. The van der Waals surface area contributed by atoms with Crippen LogP contribution in [-0.2, 0) is 0 Å². The van der Waals surface area contributed by atoms with Gasteiger partial charge in [0.15, 0.2) is 0 Å². The van der Waals surface area contributed by atoms with Gasteiger partial charge in [-0.2, -0.15) is 0 Å². The molecule has 1 saturated carbocycles. The summed E-state index contributed by atoms with van der Waals surface area (Å²) in [6, 6.07) is 9.02. The first-order valence-corrected chi connectivity index (χ1v) is 6.97. The fourth-order valence-electron chi connectivity index (χ4n) is 2.66. The van der Waals surface area contributed by atoms with E-state index >= 15 is 0 Å². The average Bonchev–Trinajstić information content (AvgIpc) is 2.25. The van der Waals surface area contributed by atoms with Crippen molar-refractivity contribution in [3.05, 3.63) is 28.7 Å². The smallest absolute Gasteiger partial charge is 0.0486 e. The van der Waals surface area contributed by atoms with E-state index in [4.69, 9.17) is 0 Å². The zero-order chi connectivity index (χ0) is 11.5. The summed E-state index contributed by atoms with van der Waals surface area (Å²) in [7, 11) is 0. The van der Waals surface area contributed by atoms with Crippen molar-refractivity contribution in [2.24, 2.45) is 11.8 Å². The maximum atomic E-state index is 3.67. The van der Waals surface area contributed by atoms with E-state index in [0.717, 1.165) is 11.8 Å². The lowest BCUT2D eigenvalue weighted by atomic mass is 9.80. The van der Waals surface area contributed by atoms with E-state index in [1.165, 1.54) is 29.4 Å². The highest BCUT2D eigenvalue weighted by Gasteiger charge is 2.25. The Morgan fingerprint density at radius 1 is 1.19 bits per heavy atom. The highest BCUT2D eigenvalue weighted by Crippen LogP contribution is 2.32. The Bertz CT molecular complexity index is 350. The SMILES string of the molecule is CC1CCC(Nc2ccccc2Br)C(C)C1. The van der Waals surface area contributed by atoms with Crippen LogP contribution in [0.5, 0.6) is 0 Å². The monoisotopic (exact) mass is 281 g/mol. The number of halogens is 1. The molecular formula is C14H20BrN. The van der Waals surface area contributed by atoms with E-state index in [1.54, 1.807) is 0 Å². The number of rotatable bonds is 2. The number of anilines is 1. The minimum absolute atomic E-state index is 0.634. The second kappa shape index (κ2) is 5.22. The Balaban J connectivity index is 2.02. The molecule has 1 fully saturated rings. The number of para-hydroxylation sites is 1. The predicted molar refractivity (Wildman–Crippen MR) is 73.7 cm³/mol. The molecule has 16 heavy (non-hydrogen) atoms. The fourth-order valence-corrected chi connectivity index (χ4v) is 3.06. The van der Waals surface area contributed by atoms with Gasteiger partial charge in [-0.25, -0.2) is 0 Å². The third-order valence-corrected chi connectivity index (χ3v) is 4.34. The second-order valence-corrected chi connectivity index (χ2v) is 5.98. The molecule has 2 heteroatoms. The lowest BCUT2D eigenvalue weighted by molar-refractivity contribution is 0.276. The van der Waals surface area contributed by atoms with Crippen LogP contribution in [0.3, 0.4) is 0 Å². The standard InChI is InChI=1S/C14H20BrN/c1-10-7-8-13(11(2)9-10)16-14-6-4-3-5-12(14)15/h3-6,10-11,13,16H,7-9H2,1-2H3. The second-order valence-electron chi connectivity index (χ2n) is 5.13. The first-order chi connectivity index (χ1) is 7.66. The van der Waals surface area contributed by atoms with Crippen LogP contribution in [0.15, 0.2) is 28.7 Å². The normalized spacial score (nSPS) is 30.1. The maximum absolute atomic E-state index is 3.67. The number of benzene rings is 1. The molecule has 1 aromatic rings. The van der Waals surface area contributed by atoms with Crippen molar-refractivity contribution in [2.45, 2.75) is 39.2 Å². The van der Waals surface area contributed by atoms with Crippen LogP contribution >= 0.6 is 15.9 Å². The van der Waals surface area contributed by atoms with Crippen molar-refractivity contribution in [3.8, 4) is 0 Å². The highest BCUT2D eigenvalue weighted by atomic mass is 79.9. The van der Waals surface area contributed by atoms with Gasteiger partial charge in [0.25, 0.3) is 0 Å². The molecule has 0 aliphatic heterocycles. The van der Waals surface area contributed by atoms with E-state index in [0.29, 0.717) is 6.04 Å². The van der Waals surface area contributed by atoms with Crippen molar-refractivity contribution in [3.63, 3.8) is 0 Å². The van der Waals surface area contributed by atoms with Crippen LogP contribution in [0.1, 0.15) is 33.1 Å². The zero-order valence-corrected chi connectivity index (χ0v) is 11.6. The maximum Gasteiger partial charge on any atom is 0.0486 e. The van der Waals surface area contributed by atoms with E-state index in [-0.39, 0.29) is 0 Å². The third-order valence-electron chi connectivity index (χ3n) is 3.65. The summed E-state index contributed by atoms with van der Waals surface area (Å²) < 4.78 is 1.17. The van der Waals surface area contributed by atoms with E-state index in [9.17, 15) is 0 Å². The number of hydrogen-bond acceptors (Lipinski definition) is 1. The van der Waals surface area contributed by atoms with Crippen molar-refractivity contribution in [1.29, 1.82) is 0 Å². The minimum atomic E-state index is 0.634. The summed E-state index contributed by atoms with van der Waals surface area (Å²) in [5.41, 5.74) is 1.23. The van der Waals surface area contributed by atoms with Gasteiger partial charge in [0, 0.05) is 16.2 Å². The summed E-state index contributed by atoms with van der Waals surface area (Å²) in [4.78, 5) is 0. The van der Waals surface area contributed by atoms with Crippen molar-refractivity contribution >= 4 is 21.6 Å². The van der Waals surface area contributed by atoms with E-state index in [2.05, 4.69) is 59.4 Å². The molecule has 1 N–H and O–H groups in total. The van der Waals surface area contributed by atoms with Gasteiger partial charge >= 0.3 is 0 Å². The van der Waals surface area contributed by atoms with E-state index < -0.39 is 0 Å². The Labute approximate surface area is 107 Å². The van der Waals surface area contributed by atoms with Crippen molar-refractivity contribution in [1.82, 2.24) is 0 Å². The molecule has 1 aliphatic rings. The van der Waals surface area contributed by atoms with Gasteiger partial charge in [0.2, 0.25) is 0 Å². The molecule has 0 saturated heterocycles. The van der Waals surface area contributed by atoms with Crippen LogP contribution in [0.2, 0.25) is 0 Å². The summed E-state index contributed by atoms with van der Waals surface area (Å²) in [6.07, 6.45) is 4.00. The van der Waals surface area contributed by atoms with Crippen LogP contribution in [0.4, 0.5) is 5.69 Å². The van der Waals surface area contributed by atoms with Crippen LogP contribution < -0.4 is 5.32 Å². The lowest BCUT2D eigenvalue weighted by Gasteiger charge is -2.34. The summed E-state index contributed by atoms with van der Waals surface area (Å²) in [5.74, 6) is 1.67. The Hall–Kier alpha value is -0.500. The molecule has 1 nitrogen and oxygen atoms in total. The number of hydrogen-bond donors (Lipinski definition) is 1. The number of nitrogens with one attached hydrogen (secondary N) is 1. The van der Waals surface area contributed by atoms with Gasteiger partial charge in [0.1, 0.15) is 0 Å². The molecule has 0 amide bonds. The molecule has 1 aliphatic carbocycles. The molecule has 1 aromatic carbocycles. The van der Waals surface area contributed by atoms with Gasteiger partial charge in [-0.15, -0.1) is 0 Å². The van der Waals surface area contributed by atoms with Gasteiger partial charge in [-0.3, -0.25) is 0 Å². The Morgan fingerprint density at radius 2 is 1.94 bits per heavy atom. The average molecular weight is 282 g/mol. The molecule has 0 aromatic heterocycles. The molecule has 0 radical (unpaired) electrons. The van der Waals surface area contributed by atoms with Crippen LogP contribution in [0.25, 0.3) is 0 Å². The first kappa shape index (κ1) is 12.0.